The van der Waals surface area contributed by atoms with Gasteiger partial charge in [0.25, 0.3) is 0 Å². The molecule has 0 aromatic carbocycles. The minimum atomic E-state index is -3.42. The van der Waals surface area contributed by atoms with Crippen LogP contribution in [-0.4, -0.2) is 30.9 Å². The lowest BCUT2D eigenvalue weighted by atomic mass is 10.2. The Morgan fingerprint density at radius 2 is 2.00 bits per heavy atom. The third-order valence-corrected chi connectivity index (χ3v) is 4.12. The fourth-order valence-electron chi connectivity index (χ4n) is 0.672. The van der Waals surface area contributed by atoms with Gasteiger partial charge in [-0.25, -0.2) is 13.1 Å². The maximum atomic E-state index is 11.6. The van der Waals surface area contributed by atoms with Gasteiger partial charge >= 0.3 is 0 Å². The SMILES string of the molecule is C=CC(=C)C(O)CNS(=O)(=O)C(C)(C)C. The second-order valence-corrected chi connectivity index (χ2v) is 6.78. The zero-order valence-corrected chi connectivity index (χ0v) is 10.3. The Balaban J connectivity index is 4.42. The Morgan fingerprint density at radius 1 is 1.53 bits per heavy atom. The highest BCUT2D eigenvalue weighted by Gasteiger charge is 2.29. The van der Waals surface area contributed by atoms with Crippen LogP contribution >= 0.6 is 0 Å². The van der Waals surface area contributed by atoms with Crippen molar-refractivity contribution in [3.05, 3.63) is 24.8 Å². The third-order valence-electron chi connectivity index (χ3n) is 1.96. The van der Waals surface area contributed by atoms with E-state index in [-0.39, 0.29) is 6.54 Å². The van der Waals surface area contributed by atoms with Gasteiger partial charge in [0.1, 0.15) is 0 Å². The van der Waals surface area contributed by atoms with E-state index in [4.69, 9.17) is 0 Å². The first-order valence-corrected chi connectivity index (χ1v) is 6.08. The van der Waals surface area contributed by atoms with Gasteiger partial charge in [0.15, 0.2) is 0 Å². The Kier molecular flexibility index (Phi) is 4.70. The number of rotatable bonds is 5. The van der Waals surface area contributed by atoms with Crippen LogP contribution in [0.3, 0.4) is 0 Å². The summed E-state index contributed by atoms with van der Waals surface area (Å²) < 4.78 is 24.6. The number of nitrogens with one attached hydrogen (secondary N) is 1. The molecule has 0 saturated carbocycles. The van der Waals surface area contributed by atoms with E-state index in [2.05, 4.69) is 17.9 Å². The number of aliphatic hydroxyl groups excluding tert-OH is 1. The Labute approximate surface area is 91.7 Å². The second kappa shape index (κ2) is 4.92. The lowest BCUT2D eigenvalue weighted by Gasteiger charge is -2.21. The van der Waals surface area contributed by atoms with Crippen LogP contribution in [0.25, 0.3) is 0 Å². The smallest absolute Gasteiger partial charge is 0.216 e. The summed E-state index contributed by atoms with van der Waals surface area (Å²) in [6.07, 6.45) is 0.468. The van der Waals surface area contributed by atoms with Crippen LogP contribution in [0.1, 0.15) is 20.8 Å². The Hall–Kier alpha value is -0.650. The molecule has 1 atom stereocenters. The van der Waals surface area contributed by atoms with E-state index >= 15 is 0 Å². The molecule has 1 unspecified atom stereocenters. The molecule has 0 aliphatic heterocycles. The molecule has 0 fully saturated rings. The number of sulfonamides is 1. The summed E-state index contributed by atoms with van der Waals surface area (Å²) >= 11 is 0. The van der Waals surface area contributed by atoms with Gasteiger partial charge in [-0.05, 0) is 26.3 Å². The molecule has 2 N–H and O–H groups in total. The van der Waals surface area contributed by atoms with E-state index in [1.165, 1.54) is 6.08 Å². The monoisotopic (exact) mass is 233 g/mol. The highest BCUT2D eigenvalue weighted by Crippen LogP contribution is 2.13. The van der Waals surface area contributed by atoms with Gasteiger partial charge in [-0.1, -0.05) is 19.2 Å². The van der Waals surface area contributed by atoms with E-state index in [1.54, 1.807) is 20.8 Å². The molecular formula is C10H19NO3S. The van der Waals surface area contributed by atoms with E-state index in [0.717, 1.165) is 0 Å². The van der Waals surface area contributed by atoms with Crippen molar-refractivity contribution in [1.82, 2.24) is 4.72 Å². The highest BCUT2D eigenvalue weighted by molar-refractivity contribution is 7.90. The molecular weight excluding hydrogens is 214 g/mol. The maximum Gasteiger partial charge on any atom is 0.216 e. The Morgan fingerprint density at radius 3 is 2.33 bits per heavy atom. The molecule has 88 valence electrons. The predicted molar refractivity (Wildman–Crippen MR) is 62.0 cm³/mol. The molecule has 15 heavy (non-hydrogen) atoms. The van der Waals surface area contributed by atoms with Crippen LogP contribution < -0.4 is 4.72 Å². The van der Waals surface area contributed by atoms with Crippen LogP contribution in [0.4, 0.5) is 0 Å². The second-order valence-electron chi connectivity index (χ2n) is 4.26. The van der Waals surface area contributed by atoms with Crippen molar-refractivity contribution >= 4 is 10.0 Å². The quantitative estimate of drug-likeness (QED) is 0.690. The van der Waals surface area contributed by atoms with Crippen molar-refractivity contribution in [2.24, 2.45) is 0 Å². The van der Waals surface area contributed by atoms with Gasteiger partial charge in [-0.2, -0.15) is 0 Å². The number of hydrogen-bond donors (Lipinski definition) is 2. The fraction of sp³-hybridized carbons (Fsp3) is 0.600. The Bertz CT molecular complexity index is 338. The molecule has 0 bridgehead atoms. The summed E-state index contributed by atoms with van der Waals surface area (Å²) in [4.78, 5) is 0. The first kappa shape index (κ1) is 14.3. The first-order chi connectivity index (χ1) is 6.62. The summed E-state index contributed by atoms with van der Waals surface area (Å²) in [7, 11) is -3.42. The summed E-state index contributed by atoms with van der Waals surface area (Å²) in [5.41, 5.74) is 0.395. The van der Waals surface area contributed by atoms with Gasteiger partial charge < -0.3 is 5.11 Å². The van der Waals surface area contributed by atoms with Gasteiger partial charge in [-0.3, -0.25) is 0 Å². The standard InChI is InChI=1S/C10H19NO3S/c1-6-8(2)9(12)7-11-15(13,14)10(3,4)5/h6,9,11-12H,1-2,7H2,3-5H3. The minimum Gasteiger partial charge on any atom is -0.387 e. The molecule has 0 aliphatic rings. The third kappa shape index (κ3) is 4.15. The van der Waals surface area contributed by atoms with E-state index in [0.29, 0.717) is 5.57 Å². The molecule has 0 heterocycles. The average molecular weight is 233 g/mol. The van der Waals surface area contributed by atoms with Crippen molar-refractivity contribution in [3.8, 4) is 0 Å². The predicted octanol–water partition coefficient (Wildman–Crippen LogP) is 0.807. The first-order valence-electron chi connectivity index (χ1n) is 4.60. The van der Waals surface area contributed by atoms with Gasteiger partial charge in [0.2, 0.25) is 10.0 Å². The molecule has 0 spiro atoms. The zero-order valence-electron chi connectivity index (χ0n) is 9.45. The van der Waals surface area contributed by atoms with Crippen LogP contribution in [-0.2, 0) is 10.0 Å². The van der Waals surface area contributed by atoms with Crippen LogP contribution in [0, 0.1) is 0 Å². The molecule has 0 amide bonds. The molecule has 4 nitrogen and oxygen atoms in total. The maximum absolute atomic E-state index is 11.6. The van der Waals surface area contributed by atoms with Crippen molar-refractivity contribution in [2.75, 3.05) is 6.54 Å². The zero-order chi connectivity index (χ0) is 12.3. The topological polar surface area (TPSA) is 66.4 Å². The highest BCUT2D eigenvalue weighted by atomic mass is 32.2. The van der Waals surface area contributed by atoms with Gasteiger partial charge in [0, 0.05) is 6.54 Å². The van der Waals surface area contributed by atoms with E-state index < -0.39 is 20.9 Å². The van der Waals surface area contributed by atoms with Crippen molar-refractivity contribution in [1.29, 1.82) is 0 Å². The fourth-order valence-corrected chi connectivity index (χ4v) is 1.48. The number of aliphatic hydroxyl groups is 1. The summed E-state index contributed by atoms with van der Waals surface area (Å²) in [5, 5.41) is 9.45. The van der Waals surface area contributed by atoms with Crippen LogP contribution in [0.5, 0.6) is 0 Å². The largest absolute Gasteiger partial charge is 0.387 e. The van der Waals surface area contributed by atoms with Crippen molar-refractivity contribution in [2.45, 2.75) is 31.6 Å². The molecule has 5 heteroatoms. The van der Waals surface area contributed by atoms with E-state index in [1.807, 2.05) is 0 Å². The molecule has 0 aromatic rings. The summed E-state index contributed by atoms with van der Waals surface area (Å²) in [6, 6.07) is 0. The average Bonchev–Trinajstić information content (AvgIpc) is 2.11. The van der Waals surface area contributed by atoms with Crippen molar-refractivity contribution in [3.63, 3.8) is 0 Å². The minimum absolute atomic E-state index is 0.0789. The van der Waals surface area contributed by atoms with Gasteiger partial charge in [-0.15, -0.1) is 0 Å². The van der Waals surface area contributed by atoms with Crippen LogP contribution in [0.15, 0.2) is 24.8 Å². The summed E-state index contributed by atoms with van der Waals surface area (Å²) in [6.45, 7) is 11.7. The molecule has 0 rings (SSSR count). The molecule has 0 saturated heterocycles. The lowest BCUT2D eigenvalue weighted by Crippen LogP contribution is -2.42. The lowest BCUT2D eigenvalue weighted by molar-refractivity contribution is 0.218. The molecule has 0 aliphatic carbocycles. The van der Waals surface area contributed by atoms with Crippen molar-refractivity contribution < 1.29 is 13.5 Å². The summed E-state index contributed by atoms with van der Waals surface area (Å²) in [5.74, 6) is 0. The van der Waals surface area contributed by atoms with E-state index in [9.17, 15) is 13.5 Å². The number of hydrogen-bond acceptors (Lipinski definition) is 3. The molecule has 0 radical (unpaired) electrons. The van der Waals surface area contributed by atoms with Crippen LogP contribution in [0.2, 0.25) is 0 Å². The normalized spacial score (nSPS) is 14.7. The molecule has 0 aromatic heterocycles. The van der Waals surface area contributed by atoms with Gasteiger partial charge in [0.05, 0.1) is 10.9 Å².